The van der Waals surface area contributed by atoms with Gasteiger partial charge in [-0.1, -0.05) is 19.9 Å². The topological polar surface area (TPSA) is 38.9 Å². The summed E-state index contributed by atoms with van der Waals surface area (Å²) in [4.78, 5) is 4.67. The van der Waals surface area contributed by atoms with Crippen LogP contribution in [0.5, 0.6) is 0 Å². The van der Waals surface area contributed by atoms with E-state index < -0.39 is 0 Å². The van der Waals surface area contributed by atoms with Crippen LogP contribution in [0.25, 0.3) is 10.2 Å². The van der Waals surface area contributed by atoms with E-state index in [1.807, 2.05) is 0 Å². The average molecular weight is 234 g/mol. The third-order valence-corrected chi connectivity index (χ3v) is 3.97. The molecule has 86 valence electrons. The lowest BCUT2D eigenvalue weighted by Gasteiger charge is -1.98. The molecular weight excluding hydrogens is 216 g/mol. The van der Waals surface area contributed by atoms with E-state index in [0.717, 1.165) is 24.9 Å². The van der Waals surface area contributed by atoms with Gasteiger partial charge in [0.15, 0.2) is 0 Å². The van der Waals surface area contributed by atoms with Crippen molar-refractivity contribution in [1.82, 2.24) is 4.98 Å². The van der Waals surface area contributed by atoms with Gasteiger partial charge < -0.3 is 5.73 Å². The molecule has 0 atom stereocenters. The van der Waals surface area contributed by atoms with Crippen LogP contribution in [0, 0.1) is 0 Å². The molecule has 2 rings (SSSR count). The molecule has 16 heavy (non-hydrogen) atoms. The van der Waals surface area contributed by atoms with Crippen LogP contribution in [0.4, 0.5) is 0 Å². The lowest BCUT2D eigenvalue weighted by molar-refractivity contribution is 0.833. The zero-order chi connectivity index (χ0) is 11.5. The second-order valence-electron chi connectivity index (χ2n) is 4.40. The molecule has 2 nitrogen and oxygen atoms in total. The minimum absolute atomic E-state index is 0.518. The molecule has 1 heterocycles. The fourth-order valence-electron chi connectivity index (χ4n) is 1.70. The van der Waals surface area contributed by atoms with E-state index >= 15 is 0 Å². The Morgan fingerprint density at radius 1 is 1.38 bits per heavy atom. The zero-order valence-electron chi connectivity index (χ0n) is 9.86. The number of rotatable bonds is 4. The third-order valence-electron chi connectivity index (χ3n) is 2.63. The predicted octanol–water partition coefficient (Wildman–Crippen LogP) is 3.31. The molecule has 2 aromatic rings. The lowest BCUT2D eigenvalue weighted by Crippen LogP contribution is -2.00. The largest absolute Gasteiger partial charge is 0.330 e. The first-order valence-electron chi connectivity index (χ1n) is 5.80. The smallest absolute Gasteiger partial charge is 0.0963 e. The number of hydrogen-bond donors (Lipinski definition) is 1. The maximum absolute atomic E-state index is 5.52. The molecule has 1 aromatic carbocycles. The first kappa shape index (κ1) is 11.6. The third kappa shape index (κ3) is 2.42. The zero-order valence-corrected chi connectivity index (χ0v) is 10.7. The van der Waals surface area contributed by atoms with Crippen LogP contribution in [0.2, 0.25) is 0 Å². The molecule has 0 bridgehead atoms. The van der Waals surface area contributed by atoms with E-state index in [9.17, 15) is 0 Å². The van der Waals surface area contributed by atoms with E-state index in [2.05, 4.69) is 37.0 Å². The number of aromatic nitrogens is 1. The summed E-state index contributed by atoms with van der Waals surface area (Å²) in [5.74, 6) is 0.518. The van der Waals surface area contributed by atoms with Crippen LogP contribution in [0.1, 0.15) is 36.8 Å². The highest BCUT2D eigenvalue weighted by Gasteiger charge is 2.07. The van der Waals surface area contributed by atoms with Crippen molar-refractivity contribution in [2.45, 2.75) is 32.6 Å². The number of fused-ring (bicyclic) bond motifs is 1. The molecule has 0 spiro atoms. The van der Waals surface area contributed by atoms with Crippen molar-refractivity contribution in [2.24, 2.45) is 5.73 Å². The van der Waals surface area contributed by atoms with Crippen molar-refractivity contribution in [3.8, 4) is 0 Å². The SMILES string of the molecule is CC(C)c1nc2cc(CCCN)ccc2s1. The van der Waals surface area contributed by atoms with Gasteiger partial charge in [0.2, 0.25) is 0 Å². The summed E-state index contributed by atoms with van der Waals surface area (Å²) in [5.41, 5.74) is 8.01. The van der Waals surface area contributed by atoms with Gasteiger partial charge in [-0.2, -0.15) is 0 Å². The van der Waals surface area contributed by atoms with Crippen LogP contribution < -0.4 is 5.73 Å². The molecule has 0 saturated heterocycles. The highest BCUT2D eigenvalue weighted by atomic mass is 32.1. The molecule has 2 N–H and O–H groups in total. The first-order valence-corrected chi connectivity index (χ1v) is 6.62. The molecular formula is C13H18N2S. The minimum atomic E-state index is 0.518. The van der Waals surface area contributed by atoms with Crippen molar-refractivity contribution in [2.75, 3.05) is 6.54 Å². The Kier molecular flexibility index (Phi) is 3.56. The predicted molar refractivity (Wildman–Crippen MR) is 71.1 cm³/mol. The van der Waals surface area contributed by atoms with Gasteiger partial charge in [0, 0.05) is 5.92 Å². The second-order valence-corrected chi connectivity index (χ2v) is 5.46. The van der Waals surface area contributed by atoms with Crippen molar-refractivity contribution in [3.63, 3.8) is 0 Å². The Labute approximate surface area is 101 Å². The average Bonchev–Trinajstić information content (AvgIpc) is 2.69. The first-order chi connectivity index (χ1) is 7.70. The summed E-state index contributed by atoms with van der Waals surface area (Å²) in [7, 11) is 0. The normalized spacial score (nSPS) is 11.5. The number of aryl methyl sites for hydroxylation is 1. The summed E-state index contributed by atoms with van der Waals surface area (Å²) >= 11 is 1.80. The fraction of sp³-hybridized carbons (Fsp3) is 0.462. The van der Waals surface area contributed by atoms with Crippen molar-refractivity contribution in [3.05, 3.63) is 28.8 Å². The number of benzene rings is 1. The van der Waals surface area contributed by atoms with Gasteiger partial charge in [0.25, 0.3) is 0 Å². The molecule has 0 radical (unpaired) electrons. The van der Waals surface area contributed by atoms with Gasteiger partial charge in [-0.15, -0.1) is 11.3 Å². The Morgan fingerprint density at radius 3 is 2.88 bits per heavy atom. The number of hydrogen-bond acceptors (Lipinski definition) is 3. The summed E-state index contributed by atoms with van der Waals surface area (Å²) in [6.45, 7) is 5.13. The molecule has 3 heteroatoms. The van der Waals surface area contributed by atoms with Crippen LogP contribution in [0.15, 0.2) is 18.2 Å². The quantitative estimate of drug-likeness (QED) is 0.881. The number of thiazole rings is 1. The fourth-order valence-corrected chi connectivity index (χ4v) is 2.65. The molecule has 0 unspecified atom stereocenters. The maximum Gasteiger partial charge on any atom is 0.0963 e. The van der Waals surface area contributed by atoms with E-state index in [0.29, 0.717) is 5.92 Å². The van der Waals surface area contributed by atoms with E-state index in [4.69, 9.17) is 5.73 Å². The van der Waals surface area contributed by atoms with Crippen molar-refractivity contribution >= 4 is 21.6 Å². The number of nitrogens with two attached hydrogens (primary N) is 1. The second kappa shape index (κ2) is 4.93. The summed E-state index contributed by atoms with van der Waals surface area (Å²) in [6, 6.07) is 6.58. The van der Waals surface area contributed by atoms with Crippen LogP contribution in [0.3, 0.4) is 0 Å². The van der Waals surface area contributed by atoms with Gasteiger partial charge in [-0.25, -0.2) is 4.98 Å². The molecule has 1 aromatic heterocycles. The molecule has 0 saturated carbocycles. The Balaban J connectivity index is 2.30. The van der Waals surface area contributed by atoms with E-state index in [1.54, 1.807) is 11.3 Å². The van der Waals surface area contributed by atoms with Gasteiger partial charge in [-0.3, -0.25) is 0 Å². The summed E-state index contributed by atoms with van der Waals surface area (Å²) in [5, 5.41) is 1.23. The molecule has 0 fully saturated rings. The van der Waals surface area contributed by atoms with Crippen LogP contribution in [-0.4, -0.2) is 11.5 Å². The monoisotopic (exact) mass is 234 g/mol. The van der Waals surface area contributed by atoms with Gasteiger partial charge in [0.1, 0.15) is 0 Å². The highest BCUT2D eigenvalue weighted by molar-refractivity contribution is 7.18. The van der Waals surface area contributed by atoms with Gasteiger partial charge >= 0.3 is 0 Å². The van der Waals surface area contributed by atoms with Gasteiger partial charge in [0.05, 0.1) is 15.2 Å². The molecule has 0 aliphatic heterocycles. The lowest BCUT2D eigenvalue weighted by atomic mass is 10.1. The Bertz CT molecular complexity index is 474. The highest BCUT2D eigenvalue weighted by Crippen LogP contribution is 2.27. The van der Waals surface area contributed by atoms with Crippen molar-refractivity contribution < 1.29 is 0 Å². The van der Waals surface area contributed by atoms with Gasteiger partial charge in [-0.05, 0) is 37.1 Å². The minimum Gasteiger partial charge on any atom is -0.330 e. The summed E-state index contributed by atoms with van der Waals surface area (Å²) in [6.07, 6.45) is 2.10. The van der Waals surface area contributed by atoms with Crippen molar-refractivity contribution in [1.29, 1.82) is 0 Å². The van der Waals surface area contributed by atoms with E-state index in [1.165, 1.54) is 15.3 Å². The maximum atomic E-state index is 5.52. The molecule has 0 amide bonds. The molecule has 0 aliphatic carbocycles. The standard InChI is InChI=1S/C13H18N2S/c1-9(2)13-15-11-8-10(4-3-7-14)5-6-12(11)16-13/h5-6,8-9H,3-4,7,14H2,1-2H3. The Morgan fingerprint density at radius 2 is 2.19 bits per heavy atom. The summed E-state index contributed by atoms with van der Waals surface area (Å²) < 4.78 is 1.29. The Hall–Kier alpha value is -0.930. The van der Waals surface area contributed by atoms with Crippen LogP contribution in [-0.2, 0) is 6.42 Å². The van der Waals surface area contributed by atoms with Crippen LogP contribution >= 0.6 is 11.3 Å². The molecule has 0 aliphatic rings. The van der Waals surface area contributed by atoms with E-state index in [-0.39, 0.29) is 0 Å². The number of nitrogens with zero attached hydrogens (tertiary/aromatic N) is 1.